The van der Waals surface area contributed by atoms with Crippen molar-refractivity contribution in [1.82, 2.24) is 15.5 Å². The van der Waals surface area contributed by atoms with Crippen molar-refractivity contribution < 1.29 is 29.4 Å². The second kappa shape index (κ2) is 14.7. The van der Waals surface area contributed by atoms with E-state index in [2.05, 4.69) is 10.6 Å². The Hall–Kier alpha value is -2.28. The van der Waals surface area contributed by atoms with Crippen molar-refractivity contribution in [3.8, 4) is 0 Å². The Morgan fingerprint density at radius 3 is 2.16 bits per heavy atom. The molecular formula is C20H38N6O6. The molecule has 0 radical (unpaired) electrons. The summed E-state index contributed by atoms with van der Waals surface area (Å²) < 4.78 is 0. The van der Waals surface area contributed by atoms with Gasteiger partial charge in [-0.05, 0) is 58.0 Å². The molecule has 1 rings (SSSR count). The van der Waals surface area contributed by atoms with Crippen LogP contribution in [0.25, 0.3) is 0 Å². The van der Waals surface area contributed by atoms with Gasteiger partial charge in [-0.3, -0.25) is 14.4 Å². The van der Waals surface area contributed by atoms with Gasteiger partial charge in [-0.1, -0.05) is 6.42 Å². The summed E-state index contributed by atoms with van der Waals surface area (Å²) in [6, 6.07) is -4.03. The van der Waals surface area contributed by atoms with Crippen LogP contribution in [0.2, 0.25) is 0 Å². The number of hydrogen-bond acceptors (Lipinski definition) is 8. The van der Waals surface area contributed by atoms with Gasteiger partial charge in [-0.25, -0.2) is 4.79 Å². The third kappa shape index (κ3) is 8.69. The first kappa shape index (κ1) is 27.8. The van der Waals surface area contributed by atoms with Gasteiger partial charge >= 0.3 is 5.97 Å². The van der Waals surface area contributed by atoms with E-state index in [4.69, 9.17) is 17.2 Å². The van der Waals surface area contributed by atoms with Gasteiger partial charge < -0.3 is 42.9 Å². The number of nitrogens with one attached hydrogen (secondary N) is 2. The molecule has 0 aromatic heterocycles. The predicted molar refractivity (Wildman–Crippen MR) is 117 cm³/mol. The minimum Gasteiger partial charge on any atom is -0.480 e. The average molecular weight is 459 g/mol. The average Bonchev–Trinajstić information content (AvgIpc) is 3.26. The summed E-state index contributed by atoms with van der Waals surface area (Å²) >= 11 is 0. The zero-order valence-electron chi connectivity index (χ0n) is 18.5. The highest BCUT2D eigenvalue weighted by atomic mass is 16.4. The lowest BCUT2D eigenvalue weighted by Gasteiger charge is -2.29. The van der Waals surface area contributed by atoms with E-state index < -0.39 is 54.5 Å². The normalized spacial score (nSPS) is 18.6. The van der Waals surface area contributed by atoms with Gasteiger partial charge in [0.15, 0.2) is 0 Å². The lowest BCUT2D eigenvalue weighted by atomic mass is 10.1. The second-order valence-electron chi connectivity index (χ2n) is 8.01. The molecule has 1 fully saturated rings. The van der Waals surface area contributed by atoms with E-state index in [1.54, 1.807) is 0 Å². The molecule has 1 heterocycles. The van der Waals surface area contributed by atoms with E-state index in [9.17, 15) is 29.4 Å². The zero-order chi connectivity index (χ0) is 24.1. The number of aliphatic hydroxyl groups is 1. The van der Waals surface area contributed by atoms with Crippen LogP contribution in [0.1, 0.15) is 51.4 Å². The maximum atomic E-state index is 12.9. The van der Waals surface area contributed by atoms with Crippen LogP contribution >= 0.6 is 0 Å². The Labute approximate surface area is 188 Å². The molecule has 3 amide bonds. The number of hydrogen-bond donors (Lipinski definition) is 7. The smallest absolute Gasteiger partial charge is 0.326 e. The van der Waals surface area contributed by atoms with Gasteiger partial charge in [0.2, 0.25) is 17.7 Å². The number of likely N-dealkylation sites (tertiary alicyclic amines) is 1. The number of amides is 3. The van der Waals surface area contributed by atoms with Crippen LogP contribution in [0.15, 0.2) is 0 Å². The summed E-state index contributed by atoms with van der Waals surface area (Å²) in [5.74, 6) is -2.91. The first-order valence-electron chi connectivity index (χ1n) is 11.2. The maximum Gasteiger partial charge on any atom is 0.326 e. The molecule has 0 bridgehead atoms. The first-order chi connectivity index (χ1) is 15.3. The molecule has 0 saturated carbocycles. The monoisotopic (exact) mass is 458 g/mol. The largest absolute Gasteiger partial charge is 0.480 e. The van der Waals surface area contributed by atoms with Gasteiger partial charge in [0.05, 0.1) is 12.6 Å². The zero-order valence-corrected chi connectivity index (χ0v) is 18.5. The lowest BCUT2D eigenvalue weighted by molar-refractivity contribution is -0.145. The minimum absolute atomic E-state index is 0.232. The molecule has 0 aromatic carbocycles. The Kier molecular flexibility index (Phi) is 12.8. The molecular weight excluding hydrogens is 420 g/mol. The quantitative estimate of drug-likeness (QED) is 0.130. The number of nitrogens with zero attached hydrogens (tertiary/aromatic N) is 1. The fraction of sp³-hybridized carbons (Fsp3) is 0.800. The molecule has 0 aliphatic carbocycles. The fourth-order valence-electron chi connectivity index (χ4n) is 3.63. The van der Waals surface area contributed by atoms with E-state index in [0.717, 1.165) is 6.42 Å². The summed E-state index contributed by atoms with van der Waals surface area (Å²) in [5.41, 5.74) is 16.7. The van der Waals surface area contributed by atoms with Crippen LogP contribution in [0.5, 0.6) is 0 Å². The van der Waals surface area contributed by atoms with Crippen LogP contribution < -0.4 is 27.8 Å². The van der Waals surface area contributed by atoms with Gasteiger partial charge in [0.25, 0.3) is 0 Å². The molecule has 4 atom stereocenters. The minimum atomic E-state index is -1.24. The van der Waals surface area contributed by atoms with E-state index in [0.29, 0.717) is 51.6 Å². The van der Waals surface area contributed by atoms with Gasteiger partial charge in [0.1, 0.15) is 18.1 Å². The van der Waals surface area contributed by atoms with Crippen LogP contribution in [-0.2, 0) is 19.2 Å². The highest BCUT2D eigenvalue weighted by Crippen LogP contribution is 2.19. The van der Waals surface area contributed by atoms with Gasteiger partial charge in [0, 0.05) is 6.54 Å². The summed E-state index contributed by atoms with van der Waals surface area (Å²) in [5, 5.41) is 24.0. The van der Waals surface area contributed by atoms with Gasteiger partial charge in [-0.2, -0.15) is 0 Å². The summed E-state index contributed by atoms with van der Waals surface area (Å²) in [4.78, 5) is 50.7. The summed E-state index contributed by atoms with van der Waals surface area (Å²) in [6.07, 6.45) is 4.09. The van der Waals surface area contributed by atoms with Crippen molar-refractivity contribution in [3.05, 3.63) is 0 Å². The number of carbonyl (C=O) groups excluding carboxylic acids is 3. The number of unbranched alkanes of at least 4 members (excludes halogenated alkanes) is 2. The second-order valence-corrected chi connectivity index (χ2v) is 8.01. The maximum absolute atomic E-state index is 12.9. The van der Waals surface area contributed by atoms with Crippen LogP contribution in [-0.4, -0.2) is 89.2 Å². The number of nitrogens with two attached hydrogens (primary N) is 3. The van der Waals surface area contributed by atoms with Crippen molar-refractivity contribution in [3.63, 3.8) is 0 Å². The number of aliphatic hydroxyl groups excluding tert-OH is 1. The molecule has 0 spiro atoms. The number of carboxylic acid groups (broad SMARTS) is 1. The van der Waals surface area contributed by atoms with Crippen molar-refractivity contribution in [2.75, 3.05) is 26.2 Å². The number of aliphatic carboxylic acids is 1. The fourth-order valence-corrected chi connectivity index (χ4v) is 3.63. The van der Waals surface area contributed by atoms with E-state index in [-0.39, 0.29) is 13.0 Å². The van der Waals surface area contributed by atoms with E-state index in [1.165, 1.54) is 4.90 Å². The van der Waals surface area contributed by atoms with Crippen molar-refractivity contribution >= 4 is 23.7 Å². The van der Waals surface area contributed by atoms with Gasteiger partial charge in [-0.15, -0.1) is 0 Å². The number of carboxylic acids is 1. The van der Waals surface area contributed by atoms with Crippen LogP contribution in [0, 0.1) is 0 Å². The Balaban J connectivity index is 2.73. The third-order valence-corrected chi connectivity index (χ3v) is 5.50. The molecule has 0 aromatic rings. The van der Waals surface area contributed by atoms with Crippen molar-refractivity contribution in [2.24, 2.45) is 17.2 Å². The predicted octanol–water partition coefficient (Wildman–Crippen LogP) is -2.39. The molecule has 1 aliphatic rings. The SMILES string of the molecule is NCCCCC(N)C(=O)NC(CO)C(=O)N1CCCC1C(=O)NC(CCCCN)C(=O)O. The Morgan fingerprint density at radius 2 is 1.59 bits per heavy atom. The first-order valence-corrected chi connectivity index (χ1v) is 11.2. The molecule has 184 valence electrons. The standard InChI is InChI=1S/C20H38N6O6/c21-9-3-1-6-13(23)17(28)25-15(12-27)19(30)26-11-5-8-16(26)18(29)24-14(20(31)32)7-2-4-10-22/h13-16,27H,1-12,21-23H2,(H,24,29)(H,25,28)(H,31,32). The number of rotatable bonds is 15. The van der Waals surface area contributed by atoms with Crippen molar-refractivity contribution in [1.29, 1.82) is 0 Å². The third-order valence-electron chi connectivity index (χ3n) is 5.50. The highest BCUT2D eigenvalue weighted by Gasteiger charge is 2.38. The highest BCUT2D eigenvalue weighted by molar-refractivity contribution is 5.94. The molecule has 32 heavy (non-hydrogen) atoms. The molecule has 4 unspecified atom stereocenters. The number of carbonyl (C=O) groups is 4. The molecule has 1 saturated heterocycles. The van der Waals surface area contributed by atoms with Crippen molar-refractivity contribution in [2.45, 2.75) is 75.5 Å². The summed E-state index contributed by atoms with van der Waals surface area (Å²) in [6.45, 7) is 0.523. The molecule has 1 aliphatic heterocycles. The molecule has 12 nitrogen and oxygen atoms in total. The lowest BCUT2D eigenvalue weighted by Crippen LogP contribution is -2.57. The van der Waals surface area contributed by atoms with Crippen LogP contribution in [0.4, 0.5) is 0 Å². The van der Waals surface area contributed by atoms with Crippen LogP contribution in [0.3, 0.4) is 0 Å². The molecule has 10 N–H and O–H groups in total. The molecule has 12 heteroatoms. The van der Waals surface area contributed by atoms with E-state index in [1.807, 2.05) is 0 Å². The van der Waals surface area contributed by atoms with E-state index >= 15 is 0 Å². The Morgan fingerprint density at radius 1 is 0.969 bits per heavy atom. The Bertz CT molecular complexity index is 634. The summed E-state index contributed by atoms with van der Waals surface area (Å²) in [7, 11) is 0. The topological polar surface area (TPSA) is 214 Å².